The van der Waals surface area contributed by atoms with Crippen LogP contribution in [0.2, 0.25) is 5.02 Å². The molecule has 0 saturated heterocycles. The highest BCUT2D eigenvalue weighted by molar-refractivity contribution is 7.80. The average Bonchev–Trinajstić information content (AvgIpc) is 2.95. The number of carbonyl (C=O) groups is 2. The van der Waals surface area contributed by atoms with Gasteiger partial charge in [-0.3, -0.25) is 14.5 Å². The summed E-state index contributed by atoms with van der Waals surface area (Å²) in [7, 11) is 3.57. The number of carbonyl (C=O) groups excluding carboxylic acids is 2. The molecule has 0 spiro atoms. The maximum absolute atomic E-state index is 12.8. The molecule has 9 heteroatoms. The van der Waals surface area contributed by atoms with Crippen LogP contribution in [-0.4, -0.2) is 62.9 Å². The number of rotatable bonds is 20. The van der Waals surface area contributed by atoms with Gasteiger partial charge in [-0.2, -0.15) is 12.6 Å². The second-order valence-electron chi connectivity index (χ2n) is 11.5. The summed E-state index contributed by atoms with van der Waals surface area (Å²) < 4.78 is 12.2. The number of ether oxygens (including phenoxy) is 2. The van der Waals surface area contributed by atoms with E-state index in [2.05, 4.69) is 49.6 Å². The molecule has 2 rings (SSSR count). The Morgan fingerprint density at radius 1 is 1.07 bits per heavy atom. The lowest BCUT2D eigenvalue weighted by atomic mass is 10.0. The van der Waals surface area contributed by atoms with Crippen LogP contribution in [0.4, 0.5) is 5.69 Å². The van der Waals surface area contributed by atoms with Gasteiger partial charge in [-0.1, -0.05) is 49.7 Å². The predicted octanol–water partition coefficient (Wildman–Crippen LogP) is 7.06. The van der Waals surface area contributed by atoms with Crippen LogP contribution < -0.4 is 20.1 Å². The smallest absolute Gasteiger partial charge is 0.325 e. The number of hydrogen-bond donors (Lipinski definition) is 2. The van der Waals surface area contributed by atoms with E-state index in [1.54, 1.807) is 31.1 Å². The first kappa shape index (κ1) is 36.5. The Morgan fingerprint density at radius 3 is 2.42 bits per heavy atom. The number of unbranched alkanes of at least 4 members (excludes halogenated alkanes) is 1. The third-order valence-corrected chi connectivity index (χ3v) is 8.03. The minimum Gasteiger partial charge on any atom is -0.491 e. The molecule has 0 aliphatic carbocycles. The van der Waals surface area contributed by atoms with Crippen LogP contribution in [0.1, 0.15) is 68.8 Å². The fourth-order valence-corrected chi connectivity index (χ4v) is 4.99. The molecule has 0 bridgehead atoms. The molecular formula is C34H50ClN3O4S. The Kier molecular flexibility index (Phi) is 16.6. The number of thiol groups is 1. The largest absolute Gasteiger partial charge is 0.491 e. The Hall–Kier alpha value is -2.68. The molecule has 2 aromatic carbocycles. The second kappa shape index (κ2) is 19.6. The summed E-state index contributed by atoms with van der Waals surface area (Å²) in [5.41, 5.74) is 7.69. The van der Waals surface area contributed by atoms with E-state index in [-0.39, 0.29) is 17.9 Å². The van der Waals surface area contributed by atoms with Gasteiger partial charge in [0.15, 0.2) is 5.75 Å². The monoisotopic (exact) mass is 631 g/mol. The summed E-state index contributed by atoms with van der Waals surface area (Å²) in [5, 5.41) is 0.734. The molecule has 0 heterocycles. The molecule has 0 radical (unpaired) electrons. The van der Waals surface area contributed by atoms with E-state index in [0.717, 1.165) is 49.3 Å². The standard InChI is InChI=1S/C34H50ClN3O4S/c1-6-38(20-19-25(2)12-7-8-13-26(3)24-43)32-30(41-21-10-9-14-27-15-11-16-28(35)22-27)18-17-29(34(36)40)33(32)42-31(39)23-37(4)5/h7-8,11,15-18,22,25-26,43H,6,9-10,12-14,19-21,23-24H2,1-5H3,(H2,36,40)/b8-7+/t25-,26-/m0/s1. The van der Waals surface area contributed by atoms with Gasteiger partial charge in [0.2, 0.25) is 0 Å². The van der Waals surface area contributed by atoms with E-state index in [9.17, 15) is 9.59 Å². The van der Waals surface area contributed by atoms with Crippen molar-refractivity contribution < 1.29 is 19.1 Å². The van der Waals surface area contributed by atoms with Crippen LogP contribution >= 0.6 is 24.2 Å². The number of benzene rings is 2. The number of esters is 1. The summed E-state index contributed by atoms with van der Waals surface area (Å²) in [6, 6.07) is 11.2. The Balaban J connectivity index is 2.26. The van der Waals surface area contributed by atoms with Crippen molar-refractivity contribution in [2.75, 3.05) is 51.0 Å². The Bertz CT molecular complexity index is 1190. The molecule has 43 heavy (non-hydrogen) atoms. The quantitative estimate of drug-likeness (QED) is 0.0535. The SMILES string of the molecule is CCN(CC[C@@H](C)C/C=C/C[C@H](C)CS)c1c(OCCCCc2cccc(Cl)c2)ccc(C(N)=O)c1OC(=O)CN(C)C. The highest BCUT2D eigenvalue weighted by atomic mass is 35.5. The molecule has 0 saturated carbocycles. The number of nitrogens with zero attached hydrogens (tertiary/aromatic N) is 2. The summed E-state index contributed by atoms with van der Waals surface area (Å²) in [6.07, 6.45) is 10.0. The lowest BCUT2D eigenvalue weighted by molar-refractivity contribution is -0.135. The van der Waals surface area contributed by atoms with E-state index in [4.69, 9.17) is 26.8 Å². The van der Waals surface area contributed by atoms with Gasteiger partial charge in [0.25, 0.3) is 5.91 Å². The first-order chi connectivity index (χ1) is 20.5. The zero-order valence-corrected chi connectivity index (χ0v) is 28.1. The topological polar surface area (TPSA) is 85.1 Å². The fraction of sp³-hybridized carbons (Fsp3) is 0.529. The zero-order valence-electron chi connectivity index (χ0n) is 26.5. The summed E-state index contributed by atoms with van der Waals surface area (Å²) >= 11 is 10.5. The first-order valence-electron chi connectivity index (χ1n) is 15.3. The fourth-order valence-electron chi connectivity index (χ4n) is 4.63. The number of likely N-dealkylation sites (N-methyl/N-ethyl adjacent to an activating group) is 1. The average molecular weight is 632 g/mol. The molecule has 2 N–H and O–H groups in total. The minimum absolute atomic E-state index is 0.0631. The van der Waals surface area contributed by atoms with E-state index >= 15 is 0 Å². The van der Waals surface area contributed by atoms with Gasteiger partial charge < -0.3 is 20.1 Å². The first-order valence-corrected chi connectivity index (χ1v) is 16.3. The molecule has 0 fully saturated rings. The second-order valence-corrected chi connectivity index (χ2v) is 12.3. The number of nitrogens with two attached hydrogens (primary N) is 1. The number of anilines is 1. The zero-order chi connectivity index (χ0) is 31.8. The van der Waals surface area contributed by atoms with Crippen LogP contribution in [0, 0.1) is 11.8 Å². The lowest BCUT2D eigenvalue weighted by Crippen LogP contribution is -2.30. The number of aryl methyl sites for hydroxylation is 1. The van der Waals surface area contributed by atoms with E-state index < -0.39 is 11.9 Å². The van der Waals surface area contributed by atoms with Crippen molar-refractivity contribution in [3.8, 4) is 11.5 Å². The van der Waals surface area contributed by atoms with E-state index in [1.807, 2.05) is 25.1 Å². The third-order valence-electron chi connectivity index (χ3n) is 7.17. The molecule has 7 nitrogen and oxygen atoms in total. The number of primary amides is 1. The molecule has 2 aromatic rings. The van der Waals surface area contributed by atoms with Crippen LogP contribution in [0.3, 0.4) is 0 Å². The molecule has 2 atom stereocenters. The maximum atomic E-state index is 12.8. The Morgan fingerprint density at radius 2 is 1.79 bits per heavy atom. The van der Waals surface area contributed by atoms with Crippen molar-refractivity contribution in [2.24, 2.45) is 17.6 Å². The van der Waals surface area contributed by atoms with E-state index in [0.29, 0.717) is 43.0 Å². The van der Waals surface area contributed by atoms with Crippen LogP contribution in [0.5, 0.6) is 11.5 Å². The van der Waals surface area contributed by atoms with Crippen molar-refractivity contribution in [3.63, 3.8) is 0 Å². The maximum Gasteiger partial charge on any atom is 0.325 e. The highest BCUT2D eigenvalue weighted by Gasteiger charge is 2.26. The molecule has 0 aliphatic heterocycles. The van der Waals surface area contributed by atoms with Crippen LogP contribution in [-0.2, 0) is 11.2 Å². The number of amides is 1. The van der Waals surface area contributed by atoms with Crippen molar-refractivity contribution in [2.45, 2.75) is 59.3 Å². The molecule has 238 valence electrons. The summed E-state index contributed by atoms with van der Waals surface area (Å²) in [4.78, 5) is 29.1. The lowest BCUT2D eigenvalue weighted by Gasteiger charge is -2.29. The molecule has 1 amide bonds. The van der Waals surface area contributed by atoms with Gasteiger partial charge >= 0.3 is 5.97 Å². The number of halogens is 1. The molecule has 0 aliphatic rings. The van der Waals surface area contributed by atoms with Crippen molar-refractivity contribution >= 4 is 41.8 Å². The molecule has 0 aromatic heterocycles. The minimum atomic E-state index is -0.660. The third kappa shape index (κ3) is 13.2. The molecule has 0 unspecified atom stereocenters. The van der Waals surface area contributed by atoms with Crippen molar-refractivity contribution in [3.05, 3.63) is 64.7 Å². The van der Waals surface area contributed by atoms with Gasteiger partial charge in [0, 0.05) is 18.1 Å². The van der Waals surface area contributed by atoms with E-state index in [1.165, 1.54) is 5.56 Å². The Labute approximate surface area is 269 Å². The van der Waals surface area contributed by atoms with Crippen molar-refractivity contribution in [1.82, 2.24) is 4.90 Å². The van der Waals surface area contributed by atoms with Gasteiger partial charge in [0.1, 0.15) is 11.4 Å². The van der Waals surface area contributed by atoms with Gasteiger partial charge in [-0.05, 0) is 107 Å². The predicted molar refractivity (Wildman–Crippen MR) is 182 cm³/mol. The van der Waals surface area contributed by atoms with Crippen molar-refractivity contribution in [1.29, 1.82) is 0 Å². The highest BCUT2D eigenvalue weighted by Crippen LogP contribution is 2.41. The van der Waals surface area contributed by atoms with Gasteiger partial charge in [-0.25, -0.2) is 0 Å². The van der Waals surface area contributed by atoms with Crippen LogP contribution in [0.25, 0.3) is 0 Å². The molecular weight excluding hydrogens is 582 g/mol. The number of hydrogen-bond acceptors (Lipinski definition) is 7. The van der Waals surface area contributed by atoms with Gasteiger partial charge in [-0.15, -0.1) is 0 Å². The normalized spacial score (nSPS) is 12.8. The summed E-state index contributed by atoms with van der Waals surface area (Å²) in [5.74, 6) is 1.47. The van der Waals surface area contributed by atoms with Gasteiger partial charge in [0.05, 0.1) is 18.7 Å². The summed E-state index contributed by atoms with van der Waals surface area (Å²) in [6.45, 7) is 8.33. The van der Waals surface area contributed by atoms with Crippen LogP contribution in [0.15, 0.2) is 48.6 Å². The number of allylic oxidation sites excluding steroid dienone is 2.